The zero-order valence-corrected chi connectivity index (χ0v) is 27.3. The van der Waals surface area contributed by atoms with Crippen LogP contribution in [0.1, 0.15) is 0 Å². The van der Waals surface area contributed by atoms with Crippen LogP contribution in [-0.4, -0.2) is 0 Å². The number of nitrogens with zero attached hydrogens (tertiary/aromatic N) is 1. The van der Waals surface area contributed by atoms with Gasteiger partial charge in [-0.25, -0.2) is 0 Å². The first kappa shape index (κ1) is 28.4. The Kier molecular flexibility index (Phi) is 6.53. The molecular weight excluding hydrogens is 607 g/mol. The Morgan fingerprint density at radius 1 is 0.320 bits per heavy atom. The molecule has 0 amide bonds. The quantitative estimate of drug-likeness (QED) is 0.175. The molecule has 2 nitrogen and oxygen atoms in total. The molecule has 2 heteroatoms. The third-order valence-corrected chi connectivity index (χ3v) is 10.0. The van der Waals surface area contributed by atoms with Gasteiger partial charge < -0.3 is 9.32 Å². The van der Waals surface area contributed by atoms with Crippen molar-refractivity contribution in [2.75, 3.05) is 4.90 Å². The van der Waals surface area contributed by atoms with Crippen LogP contribution in [0.4, 0.5) is 17.1 Å². The highest BCUT2D eigenvalue weighted by molar-refractivity contribution is 6.20. The van der Waals surface area contributed by atoms with Gasteiger partial charge in [0.25, 0.3) is 0 Å². The first-order valence-corrected chi connectivity index (χ1v) is 17.1. The van der Waals surface area contributed by atoms with E-state index in [2.05, 4.69) is 181 Å². The molecule has 0 radical (unpaired) electrons. The first-order valence-electron chi connectivity index (χ1n) is 17.1. The molecule has 0 bridgehead atoms. The molecule has 10 rings (SSSR count). The van der Waals surface area contributed by atoms with Crippen molar-refractivity contribution in [3.05, 3.63) is 188 Å². The Bertz CT molecular complexity index is 2870. The van der Waals surface area contributed by atoms with E-state index in [9.17, 15) is 0 Å². The summed E-state index contributed by atoms with van der Waals surface area (Å²) in [5.41, 5.74) is 9.71. The van der Waals surface area contributed by atoms with Gasteiger partial charge in [-0.2, -0.15) is 0 Å². The van der Waals surface area contributed by atoms with Crippen molar-refractivity contribution in [2.24, 2.45) is 0 Å². The van der Waals surface area contributed by atoms with Gasteiger partial charge in [0, 0.05) is 33.9 Å². The van der Waals surface area contributed by atoms with Crippen LogP contribution in [0, 0.1) is 0 Å². The zero-order valence-electron chi connectivity index (χ0n) is 27.3. The van der Waals surface area contributed by atoms with E-state index in [1.54, 1.807) is 0 Å². The SMILES string of the molecule is c1ccc(-c2ccc(N(c3ccc4c(ccc5ccc6ccccc6c54)c3)c3ccc4c(c3)oc3ccccc34)cc2-c2ccccc2)cc1. The molecule has 0 spiro atoms. The highest BCUT2D eigenvalue weighted by Crippen LogP contribution is 2.43. The van der Waals surface area contributed by atoms with Crippen LogP contribution in [-0.2, 0) is 0 Å². The lowest BCUT2D eigenvalue weighted by molar-refractivity contribution is 0.669. The molecule has 234 valence electrons. The van der Waals surface area contributed by atoms with Gasteiger partial charge in [-0.3, -0.25) is 0 Å². The summed E-state index contributed by atoms with van der Waals surface area (Å²) in [5.74, 6) is 0. The summed E-state index contributed by atoms with van der Waals surface area (Å²) in [6.45, 7) is 0. The third kappa shape index (κ3) is 4.65. The summed E-state index contributed by atoms with van der Waals surface area (Å²) in [4.78, 5) is 2.36. The lowest BCUT2D eigenvalue weighted by atomic mass is 9.93. The topological polar surface area (TPSA) is 16.4 Å². The average molecular weight is 638 g/mol. The Hall–Kier alpha value is -6.64. The second-order valence-electron chi connectivity index (χ2n) is 12.9. The number of rotatable bonds is 5. The summed E-state index contributed by atoms with van der Waals surface area (Å²) in [6.07, 6.45) is 0. The number of hydrogen-bond donors (Lipinski definition) is 0. The summed E-state index contributed by atoms with van der Waals surface area (Å²) >= 11 is 0. The maximum atomic E-state index is 6.42. The lowest BCUT2D eigenvalue weighted by Gasteiger charge is -2.27. The normalized spacial score (nSPS) is 11.6. The smallest absolute Gasteiger partial charge is 0.137 e. The Labute approximate surface area is 290 Å². The molecule has 0 unspecified atom stereocenters. The predicted molar refractivity (Wildman–Crippen MR) is 212 cm³/mol. The van der Waals surface area contributed by atoms with Gasteiger partial charge in [0.15, 0.2) is 0 Å². The van der Waals surface area contributed by atoms with Crippen molar-refractivity contribution >= 4 is 71.3 Å². The van der Waals surface area contributed by atoms with Gasteiger partial charge in [0.2, 0.25) is 0 Å². The van der Waals surface area contributed by atoms with E-state index >= 15 is 0 Å². The van der Waals surface area contributed by atoms with Crippen molar-refractivity contribution < 1.29 is 4.42 Å². The second kappa shape index (κ2) is 11.5. The van der Waals surface area contributed by atoms with Gasteiger partial charge >= 0.3 is 0 Å². The van der Waals surface area contributed by atoms with Crippen LogP contribution >= 0.6 is 0 Å². The van der Waals surface area contributed by atoms with Gasteiger partial charge in [-0.1, -0.05) is 140 Å². The van der Waals surface area contributed by atoms with Gasteiger partial charge in [-0.15, -0.1) is 0 Å². The van der Waals surface area contributed by atoms with Crippen LogP contribution in [0.25, 0.3) is 76.5 Å². The molecule has 0 aliphatic rings. The number of fused-ring (bicyclic) bond motifs is 8. The van der Waals surface area contributed by atoms with E-state index in [1.165, 1.54) is 54.6 Å². The van der Waals surface area contributed by atoms with Gasteiger partial charge in [0.1, 0.15) is 11.2 Å². The van der Waals surface area contributed by atoms with E-state index in [0.717, 1.165) is 39.0 Å². The summed E-state index contributed by atoms with van der Waals surface area (Å²) in [5, 5.41) is 9.77. The summed E-state index contributed by atoms with van der Waals surface area (Å²) < 4.78 is 6.42. The van der Waals surface area contributed by atoms with Crippen molar-refractivity contribution in [3.8, 4) is 22.3 Å². The van der Waals surface area contributed by atoms with Crippen LogP contribution in [0.2, 0.25) is 0 Å². The molecule has 1 aromatic heterocycles. The highest BCUT2D eigenvalue weighted by Gasteiger charge is 2.19. The largest absolute Gasteiger partial charge is 0.456 e. The second-order valence-corrected chi connectivity index (χ2v) is 12.9. The molecule has 9 aromatic carbocycles. The van der Waals surface area contributed by atoms with Crippen LogP contribution < -0.4 is 4.90 Å². The maximum Gasteiger partial charge on any atom is 0.137 e. The maximum absolute atomic E-state index is 6.42. The van der Waals surface area contributed by atoms with Crippen molar-refractivity contribution in [3.63, 3.8) is 0 Å². The molecule has 1 heterocycles. The van der Waals surface area contributed by atoms with Crippen LogP contribution in [0.5, 0.6) is 0 Å². The Morgan fingerprint density at radius 2 is 0.860 bits per heavy atom. The molecule has 0 saturated heterocycles. The summed E-state index contributed by atoms with van der Waals surface area (Å²) in [7, 11) is 0. The number of benzene rings is 9. The van der Waals surface area contributed by atoms with Crippen molar-refractivity contribution in [1.82, 2.24) is 0 Å². The Balaban J connectivity index is 1.22. The minimum absolute atomic E-state index is 0.871. The van der Waals surface area contributed by atoms with E-state index in [1.807, 2.05) is 12.1 Å². The fourth-order valence-electron chi connectivity index (χ4n) is 7.66. The molecule has 0 atom stereocenters. The number of hydrogen-bond acceptors (Lipinski definition) is 2. The van der Waals surface area contributed by atoms with Crippen LogP contribution in [0.15, 0.2) is 192 Å². The monoisotopic (exact) mass is 637 g/mol. The standard InChI is InChI=1S/C48H31NO/c1-3-11-32(12-4-1)40-26-23-38(30-45(40)33-13-5-2-6-14-33)49(39-25-28-44-43-17-9-10-18-46(43)50-47(44)31-39)37-24-27-42-36(29-37)22-21-35-20-19-34-15-7-8-16-41(34)48(35)42/h1-31H. The fourth-order valence-corrected chi connectivity index (χ4v) is 7.66. The van der Waals surface area contributed by atoms with E-state index in [0.29, 0.717) is 0 Å². The lowest BCUT2D eigenvalue weighted by Crippen LogP contribution is -2.10. The van der Waals surface area contributed by atoms with Crippen molar-refractivity contribution in [2.45, 2.75) is 0 Å². The highest BCUT2D eigenvalue weighted by atomic mass is 16.3. The molecule has 10 aromatic rings. The molecule has 0 saturated carbocycles. The van der Waals surface area contributed by atoms with Crippen molar-refractivity contribution in [1.29, 1.82) is 0 Å². The fraction of sp³-hybridized carbons (Fsp3) is 0. The van der Waals surface area contributed by atoms with Gasteiger partial charge in [-0.05, 0) is 97.0 Å². The van der Waals surface area contributed by atoms with Gasteiger partial charge in [0.05, 0.1) is 0 Å². The van der Waals surface area contributed by atoms with E-state index < -0.39 is 0 Å². The number of para-hydroxylation sites is 1. The van der Waals surface area contributed by atoms with Crippen LogP contribution in [0.3, 0.4) is 0 Å². The minimum atomic E-state index is 0.871. The molecular formula is C48H31NO. The summed E-state index contributed by atoms with van der Waals surface area (Å²) in [6, 6.07) is 67.6. The molecule has 0 N–H and O–H groups in total. The predicted octanol–water partition coefficient (Wildman–Crippen LogP) is 13.8. The molecule has 50 heavy (non-hydrogen) atoms. The third-order valence-electron chi connectivity index (χ3n) is 10.0. The molecule has 0 aliphatic carbocycles. The first-order chi connectivity index (χ1) is 24.8. The average Bonchev–Trinajstić information content (AvgIpc) is 3.56. The Morgan fingerprint density at radius 3 is 1.66 bits per heavy atom. The van der Waals surface area contributed by atoms with E-state index in [-0.39, 0.29) is 0 Å². The van der Waals surface area contributed by atoms with E-state index in [4.69, 9.17) is 4.42 Å². The molecule has 0 aliphatic heterocycles. The minimum Gasteiger partial charge on any atom is -0.456 e. The number of anilines is 3. The molecule has 0 fully saturated rings. The number of furan rings is 1. The zero-order chi connectivity index (χ0) is 33.0.